The van der Waals surface area contributed by atoms with E-state index < -0.39 is 27.9 Å². The number of nitrogens with one attached hydrogen (secondary N) is 2. The molecule has 0 aliphatic heterocycles. The average Bonchev–Trinajstić information content (AvgIpc) is 2.89. The molecule has 2 aromatic carbocycles. The van der Waals surface area contributed by atoms with Gasteiger partial charge in [0.25, 0.3) is 21.8 Å². The molecule has 1 aromatic heterocycles. The zero-order valence-electron chi connectivity index (χ0n) is 20.6. The Bertz CT molecular complexity index is 1380. The van der Waals surface area contributed by atoms with Gasteiger partial charge in [0.1, 0.15) is 11.9 Å². The van der Waals surface area contributed by atoms with Crippen LogP contribution in [0.3, 0.4) is 0 Å². The van der Waals surface area contributed by atoms with Gasteiger partial charge in [0.15, 0.2) is 0 Å². The molecule has 0 spiro atoms. The minimum atomic E-state index is -4.18. The molecule has 200 valence electrons. The molecule has 0 aliphatic rings. The second-order valence-electron chi connectivity index (χ2n) is 8.17. The van der Waals surface area contributed by atoms with Crippen LogP contribution in [0.4, 0.5) is 9.18 Å². The summed E-state index contributed by atoms with van der Waals surface area (Å²) < 4.78 is 50.1. The normalized spacial score (nSPS) is 11.8. The van der Waals surface area contributed by atoms with E-state index in [-0.39, 0.29) is 34.9 Å². The number of benzene rings is 2. The Kier molecular flexibility index (Phi) is 9.49. The van der Waals surface area contributed by atoms with Crippen LogP contribution in [0.25, 0.3) is 0 Å². The van der Waals surface area contributed by atoms with E-state index in [1.807, 2.05) is 11.6 Å². The Hall–Kier alpha value is -4.32. The van der Waals surface area contributed by atoms with Crippen LogP contribution in [0.1, 0.15) is 46.5 Å². The average molecular weight is 544 g/mol. The van der Waals surface area contributed by atoms with Crippen molar-refractivity contribution in [2.24, 2.45) is 0 Å². The number of ether oxygens (including phenoxy) is 2. The van der Waals surface area contributed by atoms with Crippen molar-refractivity contribution in [2.45, 2.75) is 37.7 Å². The quantitative estimate of drug-likeness (QED) is 0.370. The second kappa shape index (κ2) is 12.8. The third-order valence-corrected chi connectivity index (χ3v) is 6.67. The maximum atomic E-state index is 13.0. The molecule has 0 saturated carbocycles. The molecule has 0 bridgehead atoms. The largest absolute Gasteiger partial charge is 0.515 e. The van der Waals surface area contributed by atoms with E-state index in [9.17, 15) is 27.2 Å². The van der Waals surface area contributed by atoms with Crippen LogP contribution in [-0.2, 0) is 21.2 Å². The Morgan fingerprint density at radius 1 is 0.947 bits per heavy atom. The van der Waals surface area contributed by atoms with Crippen LogP contribution >= 0.6 is 0 Å². The summed E-state index contributed by atoms with van der Waals surface area (Å²) >= 11 is 0. The van der Waals surface area contributed by atoms with E-state index in [1.165, 1.54) is 48.5 Å². The Balaban J connectivity index is 1.52. The zero-order valence-corrected chi connectivity index (χ0v) is 21.5. The molecule has 0 fully saturated rings. The number of rotatable bonds is 10. The summed E-state index contributed by atoms with van der Waals surface area (Å²) in [5.74, 6) is -1.82. The molecular weight excluding hydrogens is 517 g/mol. The SMILES string of the molecule is CC[C@@H](C)OC(=O)Oc1ccc(C(=O)NS(=O)(=O)c2ccc(CCNC(=O)c3ccc(F)cc3)cc2)cn1. The number of nitrogens with zero attached hydrogens (tertiary/aromatic N) is 1. The van der Waals surface area contributed by atoms with Crippen molar-refractivity contribution in [3.8, 4) is 5.88 Å². The minimum absolute atomic E-state index is 0.0651. The highest BCUT2D eigenvalue weighted by Crippen LogP contribution is 2.14. The van der Waals surface area contributed by atoms with Crippen molar-refractivity contribution in [1.29, 1.82) is 0 Å². The van der Waals surface area contributed by atoms with Gasteiger partial charge in [0.2, 0.25) is 5.88 Å². The first-order chi connectivity index (χ1) is 18.1. The molecule has 3 rings (SSSR count). The maximum absolute atomic E-state index is 13.0. The van der Waals surface area contributed by atoms with Crippen molar-refractivity contribution >= 4 is 28.0 Å². The standard InChI is InChI=1S/C26H26FN3O7S/c1-3-17(2)36-26(33)37-23-13-8-20(16-29-23)25(32)30-38(34,35)22-11-4-18(5-12-22)14-15-28-24(31)19-6-9-21(27)10-7-19/h4-13,16-17H,3,14-15H2,1-2H3,(H,28,31)(H,30,32)/t17-/m1/s1. The summed E-state index contributed by atoms with van der Waals surface area (Å²) in [4.78, 5) is 39.9. The first-order valence-electron chi connectivity index (χ1n) is 11.6. The van der Waals surface area contributed by atoms with Crippen molar-refractivity contribution in [1.82, 2.24) is 15.0 Å². The predicted molar refractivity (Wildman–Crippen MR) is 135 cm³/mol. The molecule has 2 amide bonds. The fourth-order valence-corrected chi connectivity index (χ4v) is 4.01. The van der Waals surface area contributed by atoms with Gasteiger partial charge in [-0.2, -0.15) is 0 Å². The number of hydrogen-bond acceptors (Lipinski definition) is 8. The van der Waals surface area contributed by atoms with Gasteiger partial charge < -0.3 is 14.8 Å². The maximum Gasteiger partial charge on any atom is 0.515 e. The number of amides is 2. The van der Waals surface area contributed by atoms with Crippen molar-refractivity contribution < 1.29 is 36.7 Å². The fourth-order valence-electron chi connectivity index (χ4n) is 3.03. The molecule has 0 unspecified atom stereocenters. The molecule has 3 aromatic rings. The van der Waals surface area contributed by atoms with Gasteiger partial charge in [-0.25, -0.2) is 27.3 Å². The van der Waals surface area contributed by atoms with Gasteiger partial charge >= 0.3 is 6.16 Å². The third kappa shape index (κ3) is 8.10. The number of carbonyl (C=O) groups is 3. The van der Waals surface area contributed by atoms with Crippen LogP contribution in [0, 0.1) is 5.82 Å². The van der Waals surface area contributed by atoms with Gasteiger partial charge in [-0.05, 0) is 67.8 Å². The van der Waals surface area contributed by atoms with Crippen LogP contribution in [0.15, 0.2) is 71.8 Å². The highest BCUT2D eigenvalue weighted by Gasteiger charge is 2.19. The fraction of sp³-hybridized carbons (Fsp3) is 0.231. The molecule has 0 aliphatic carbocycles. The molecular formula is C26H26FN3O7S. The number of sulfonamides is 1. The number of pyridine rings is 1. The molecule has 2 N–H and O–H groups in total. The van der Waals surface area contributed by atoms with E-state index in [1.54, 1.807) is 19.1 Å². The van der Waals surface area contributed by atoms with Gasteiger partial charge in [-0.3, -0.25) is 9.59 Å². The molecule has 1 atom stereocenters. The van der Waals surface area contributed by atoms with Crippen molar-refractivity contribution in [3.05, 3.63) is 89.4 Å². The van der Waals surface area contributed by atoms with Crippen molar-refractivity contribution in [2.75, 3.05) is 6.54 Å². The van der Waals surface area contributed by atoms with Crippen LogP contribution in [0.2, 0.25) is 0 Å². The summed E-state index contributed by atoms with van der Waals surface area (Å²) in [6, 6.07) is 13.4. The lowest BCUT2D eigenvalue weighted by molar-refractivity contribution is 0.0631. The summed E-state index contributed by atoms with van der Waals surface area (Å²) in [7, 11) is -4.18. The van der Waals surface area contributed by atoms with Gasteiger partial charge in [0.05, 0.1) is 10.5 Å². The van der Waals surface area contributed by atoms with E-state index in [2.05, 4.69) is 10.3 Å². The Labute approximate surface area is 219 Å². The van der Waals surface area contributed by atoms with E-state index >= 15 is 0 Å². The topological polar surface area (TPSA) is 141 Å². The van der Waals surface area contributed by atoms with E-state index in [0.717, 1.165) is 11.8 Å². The first kappa shape index (κ1) is 28.3. The lowest BCUT2D eigenvalue weighted by atomic mass is 10.1. The molecule has 0 radical (unpaired) electrons. The first-order valence-corrected chi connectivity index (χ1v) is 13.1. The van der Waals surface area contributed by atoms with E-state index in [0.29, 0.717) is 18.4 Å². The zero-order chi connectivity index (χ0) is 27.7. The highest BCUT2D eigenvalue weighted by atomic mass is 32.2. The number of halogens is 1. The molecule has 10 nitrogen and oxygen atoms in total. The summed E-state index contributed by atoms with van der Waals surface area (Å²) in [6.07, 6.45) is 0.825. The summed E-state index contributed by atoms with van der Waals surface area (Å²) in [5.41, 5.74) is 1.01. The summed E-state index contributed by atoms with van der Waals surface area (Å²) in [5, 5.41) is 2.70. The van der Waals surface area contributed by atoms with Gasteiger partial charge in [-0.15, -0.1) is 0 Å². The molecule has 0 saturated heterocycles. The molecule has 1 heterocycles. The van der Waals surface area contributed by atoms with E-state index in [4.69, 9.17) is 9.47 Å². The third-order valence-electron chi connectivity index (χ3n) is 5.33. The molecule has 38 heavy (non-hydrogen) atoms. The smallest absolute Gasteiger partial charge is 0.431 e. The number of carbonyl (C=O) groups excluding carboxylic acids is 3. The van der Waals surface area contributed by atoms with Gasteiger partial charge in [-0.1, -0.05) is 19.1 Å². The highest BCUT2D eigenvalue weighted by molar-refractivity contribution is 7.90. The Morgan fingerprint density at radius 2 is 1.61 bits per heavy atom. The Morgan fingerprint density at radius 3 is 2.21 bits per heavy atom. The van der Waals surface area contributed by atoms with Crippen LogP contribution in [0.5, 0.6) is 5.88 Å². The monoisotopic (exact) mass is 543 g/mol. The molecule has 12 heteroatoms. The number of aromatic nitrogens is 1. The lowest BCUT2D eigenvalue weighted by Crippen LogP contribution is -2.30. The predicted octanol–water partition coefficient (Wildman–Crippen LogP) is 3.63. The minimum Gasteiger partial charge on any atom is -0.431 e. The van der Waals surface area contributed by atoms with Crippen LogP contribution in [-0.4, -0.2) is 44.0 Å². The number of hydrogen-bond donors (Lipinski definition) is 2. The lowest BCUT2D eigenvalue weighted by Gasteiger charge is -2.10. The second-order valence-corrected chi connectivity index (χ2v) is 9.85. The van der Waals surface area contributed by atoms with Crippen molar-refractivity contribution in [3.63, 3.8) is 0 Å². The summed E-state index contributed by atoms with van der Waals surface area (Å²) in [6.45, 7) is 3.82. The van der Waals surface area contributed by atoms with Gasteiger partial charge in [0, 0.05) is 24.4 Å². The van der Waals surface area contributed by atoms with Crippen LogP contribution < -0.4 is 14.8 Å².